The molecule has 5 heteroatoms. The summed E-state index contributed by atoms with van der Waals surface area (Å²) in [5, 5.41) is 5.61. The van der Waals surface area contributed by atoms with Gasteiger partial charge in [0.05, 0.1) is 6.10 Å². The van der Waals surface area contributed by atoms with E-state index >= 15 is 0 Å². The highest BCUT2D eigenvalue weighted by atomic mass is 79.9. The van der Waals surface area contributed by atoms with Crippen LogP contribution in [0, 0.1) is 0 Å². The molecular weight excluding hydrogens is 312 g/mol. The Morgan fingerprint density at radius 2 is 2.50 bits per heavy atom. The second-order valence-electron chi connectivity index (χ2n) is 4.81. The molecule has 2 rings (SSSR count). The van der Waals surface area contributed by atoms with Gasteiger partial charge in [0.1, 0.15) is 0 Å². The first-order chi connectivity index (χ1) is 8.74. The molecule has 102 valence electrons. The normalized spacial score (nSPS) is 19.8. The lowest BCUT2D eigenvalue weighted by molar-refractivity contribution is 0.109. The van der Waals surface area contributed by atoms with E-state index in [0.717, 1.165) is 32.8 Å². The largest absolute Gasteiger partial charge is 0.377 e. The van der Waals surface area contributed by atoms with Gasteiger partial charge in [0.25, 0.3) is 0 Å². The number of hydrogen-bond donors (Lipinski definition) is 1. The minimum atomic E-state index is 0.448. The zero-order valence-corrected chi connectivity index (χ0v) is 13.2. The van der Waals surface area contributed by atoms with Crippen molar-refractivity contribution in [2.75, 3.05) is 33.3 Å². The third kappa shape index (κ3) is 4.97. The summed E-state index contributed by atoms with van der Waals surface area (Å²) in [6, 6.07) is 2.20. The van der Waals surface area contributed by atoms with E-state index in [1.54, 1.807) is 0 Å². The van der Waals surface area contributed by atoms with Crippen LogP contribution >= 0.6 is 27.3 Å². The molecule has 0 bridgehead atoms. The Morgan fingerprint density at radius 1 is 1.61 bits per heavy atom. The van der Waals surface area contributed by atoms with Crippen molar-refractivity contribution in [1.29, 1.82) is 0 Å². The maximum atomic E-state index is 5.58. The topological polar surface area (TPSA) is 24.5 Å². The van der Waals surface area contributed by atoms with Gasteiger partial charge in [0, 0.05) is 47.5 Å². The van der Waals surface area contributed by atoms with E-state index in [-0.39, 0.29) is 0 Å². The quantitative estimate of drug-likeness (QED) is 0.777. The molecule has 3 nitrogen and oxygen atoms in total. The van der Waals surface area contributed by atoms with Crippen molar-refractivity contribution in [3.8, 4) is 0 Å². The maximum absolute atomic E-state index is 5.58. The van der Waals surface area contributed by atoms with Crippen LogP contribution in [0.1, 0.15) is 17.7 Å². The molecule has 1 aliphatic heterocycles. The number of thiophene rings is 1. The van der Waals surface area contributed by atoms with Crippen molar-refractivity contribution >= 4 is 27.3 Å². The smallest absolute Gasteiger partial charge is 0.0700 e. The molecule has 1 fully saturated rings. The van der Waals surface area contributed by atoms with Gasteiger partial charge in [-0.25, -0.2) is 0 Å². The molecule has 2 heterocycles. The fraction of sp³-hybridized carbons (Fsp3) is 0.692. The third-order valence-electron chi connectivity index (χ3n) is 3.11. The van der Waals surface area contributed by atoms with Crippen LogP contribution in [0.3, 0.4) is 0 Å². The van der Waals surface area contributed by atoms with Gasteiger partial charge in [-0.05, 0) is 41.9 Å². The molecule has 0 aromatic carbocycles. The first-order valence-corrected chi connectivity index (χ1v) is 8.15. The Morgan fingerprint density at radius 3 is 3.17 bits per heavy atom. The molecule has 1 atom stereocenters. The first kappa shape index (κ1) is 14.5. The Labute approximate surface area is 122 Å². The SMILES string of the molecule is CN(CCNCC1CCCO1)Cc1cc(Br)cs1. The lowest BCUT2D eigenvalue weighted by Gasteiger charge is -2.17. The summed E-state index contributed by atoms with van der Waals surface area (Å²) in [6.07, 6.45) is 2.88. The number of nitrogens with one attached hydrogen (secondary N) is 1. The van der Waals surface area contributed by atoms with Gasteiger partial charge >= 0.3 is 0 Å². The molecular formula is C13H21BrN2OS. The van der Waals surface area contributed by atoms with Gasteiger partial charge < -0.3 is 15.0 Å². The van der Waals surface area contributed by atoms with E-state index in [2.05, 4.69) is 44.6 Å². The van der Waals surface area contributed by atoms with Crippen LogP contribution < -0.4 is 5.32 Å². The minimum Gasteiger partial charge on any atom is -0.377 e. The van der Waals surface area contributed by atoms with Crippen LogP contribution in [-0.4, -0.2) is 44.3 Å². The van der Waals surface area contributed by atoms with Gasteiger partial charge in [-0.1, -0.05) is 0 Å². The lowest BCUT2D eigenvalue weighted by Crippen LogP contribution is -2.33. The number of likely N-dealkylation sites (N-methyl/N-ethyl adjacent to an activating group) is 1. The number of hydrogen-bond acceptors (Lipinski definition) is 4. The molecule has 1 N–H and O–H groups in total. The molecule has 0 spiro atoms. The summed E-state index contributed by atoms with van der Waals surface area (Å²) in [7, 11) is 2.17. The van der Waals surface area contributed by atoms with E-state index in [0.29, 0.717) is 6.10 Å². The molecule has 1 saturated heterocycles. The second-order valence-corrected chi connectivity index (χ2v) is 6.72. The van der Waals surface area contributed by atoms with Crippen molar-refractivity contribution < 1.29 is 4.74 Å². The van der Waals surface area contributed by atoms with Crippen LogP contribution in [0.5, 0.6) is 0 Å². The number of nitrogens with zero attached hydrogens (tertiary/aromatic N) is 1. The van der Waals surface area contributed by atoms with Gasteiger partial charge in [0.15, 0.2) is 0 Å². The highest BCUT2D eigenvalue weighted by molar-refractivity contribution is 9.10. The van der Waals surface area contributed by atoms with E-state index in [9.17, 15) is 0 Å². The summed E-state index contributed by atoms with van der Waals surface area (Å²) < 4.78 is 6.77. The molecule has 1 aromatic heterocycles. The summed E-state index contributed by atoms with van der Waals surface area (Å²) >= 11 is 5.30. The van der Waals surface area contributed by atoms with E-state index in [4.69, 9.17) is 4.74 Å². The van der Waals surface area contributed by atoms with Crippen LogP contribution in [0.4, 0.5) is 0 Å². The highest BCUT2D eigenvalue weighted by Gasteiger charge is 2.14. The molecule has 1 aromatic rings. The molecule has 18 heavy (non-hydrogen) atoms. The lowest BCUT2D eigenvalue weighted by atomic mass is 10.2. The fourth-order valence-electron chi connectivity index (χ4n) is 2.12. The predicted octanol–water partition coefficient (Wildman–Crippen LogP) is 2.71. The molecule has 0 amide bonds. The van der Waals surface area contributed by atoms with Crippen molar-refractivity contribution in [2.24, 2.45) is 0 Å². The van der Waals surface area contributed by atoms with Crippen molar-refractivity contribution in [3.05, 3.63) is 20.8 Å². The summed E-state index contributed by atoms with van der Waals surface area (Å²) in [6.45, 7) is 5.07. The second kappa shape index (κ2) is 7.60. The zero-order chi connectivity index (χ0) is 12.8. The molecule has 1 unspecified atom stereocenters. The van der Waals surface area contributed by atoms with Gasteiger partial charge in [-0.15, -0.1) is 11.3 Å². The van der Waals surface area contributed by atoms with Crippen molar-refractivity contribution in [1.82, 2.24) is 10.2 Å². The Hall–Kier alpha value is 0.0600. The standard InChI is InChI=1S/C13H21BrN2OS/c1-16(9-13-7-11(14)10-18-13)5-4-15-8-12-3-2-6-17-12/h7,10,12,15H,2-6,8-9H2,1H3. The Bertz CT molecular complexity index is 353. The Balaban J connectivity index is 1.55. The van der Waals surface area contributed by atoms with Gasteiger partial charge in [0.2, 0.25) is 0 Å². The van der Waals surface area contributed by atoms with Crippen LogP contribution in [0.2, 0.25) is 0 Å². The molecule has 0 radical (unpaired) electrons. The van der Waals surface area contributed by atoms with Crippen LogP contribution in [0.15, 0.2) is 15.9 Å². The van der Waals surface area contributed by atoms with Crippen LogP contribution in [-0.2, 0) is 11.3 Å². The first-order valence-electron chi connectivity index (χ1n) is 6.48. The number of rotatable bonds is 7. The third-order valence-corrected chi connectivity index (χ3v) is 4.80. The Kier molecular flexibility index (Phi) is 6.11. The summed E-state index contributed by atoms with van der Waals surface area (Å²) in [5.74, 6) is 0. The molecule has 0 saturated carbocycles. The highest BCUT2D eigenvalue weighted by Crippen LogP contribution is 2.20. The fourth-order valence-corrected chi connectivity index (χ4v) is 3.65. The monoisotopic (exact) mass is 332 g/mol. The number of halogens is 1. The summed E-state index contributed by atoms with van der Waals surface area (Å²) in [5.41, 5.74) is 0. The molecule has 0 aliphatic carbocycles. The maximum Gasteiger partial charge on any atom is 0.0700 e. The zero-order valence-electron chi connectivity index (χ0n) is 10.8. The summed E-state index contributed by atoms with van der Waals surface area (Å²) in [4.78, 5) is 3.75. The van der Waals surface area contributed by atoms with Gasteiger partial charge in [-0.2, -0.15) is 0 Å². The van der Waals surface area contributed by atoms with E-state index in [1.165, 1.54) is 22.2 Å². The van der Waals surface area contributed by atoms with Crippen molar-refractivity contribution in [2.45, 2.75) is 25.5 Å². The van der Waals surface area contributed by atoms with Gasteiger partial charge in [-0.3, -0.25) is 0 Å². The van der Waals surface area contributed by atoms with Crippen molar-refractivity contribution in [3.63, 3.8) is 0 Å². The average Bonchev–Trinajstić information content (AvgIpc) is 2.96. The van der Waals surface area contributed by atoms with Crippen LogP contribution in [0.25, 0.3) is 0 Å². The number of ether oxygens (including phenoxy) is 1. The van der Waals surface area contributed by atoms with E-state index in [1.807, 2.05) is 11.3 Å². The minimum absolute atomic E-state index is 0.448. The average molecular weight is 333 g/mol. The van der Waals surface area contributed by atoms with E-state index < -0.39 is 0 Å². The molecule has 1 aliphatic rings. The predicted molar refractivity (Wildman–Crippen MR) is 80.2 cm³/mol.